The van der Waals surface area contributed by atoms with E-state index in [1.807, 2.05) is 13.8 Å². The molecule has 75 valence electrons. The highest BCUT2D eigenvalue weighted by Crippen LogP contribution is 2.06. The smallest absolute Gasteiger partial charge is 0.271 e. The summed E-state index contributed by atoms with van der Waals surface area (Å²) in [7, 11) is 0. The molecule has 0 aromatic carbocycles. The predicted octanol–water partition coefficient (Wildman–Crippen LogP) is 1.01. The monoisotopic (exact) mass is 194 g/mol. The minimum absolute atomic E-state index is 0.0677. The van der Waals surface area contributed by atoms with Gasteiger partial charge in [0.2, 0.25) is 5.75 Å². The standard InChI is InChI=1S/C9H12N3O2/c1-6(2)4-10-9(14)8-3-7(13)5-11-12-8/h3,5-6H,4H2,1-2H3,(H,10,14). The Morgan fingerprint density at radius 3 is 2.86 bits per heavy atom. The second kappa shape index (κ2) is 4.55. The highest BCUT2D eigenvalue weighted by atomic mass is 16.3. The van der Waals surface area contributed by atoms with Crippen LogP contribution in [0.3, 0.4) is 0 Å². The van der Waals surface area contributed by atoms with Gasteiger partial charge in [0.25, 0.3) is 5.91 Å². The van der Waals surface area contributed by atoms with Crippen LogP contribution in [0.15, 0.2) is 12.3 Å². The maximum absolute atomic E-state index is 11.3. The van der Waals surface area contributed by atoms with Gasteiger partial charge in [0.05, 0.1) is 6.20 Å². The van der Waals surface area contributed by atoms with Crippen molar-refractivity contribution in [2.24, 2.45) is 5.92 Å². The topological polar surface area (TPSA) is 74.8 Å². The number of nitrogens with zero attached hydrogens (tertiary/aromatic N) is 2. The summed E-state index contributed by atoms with van der Waals surface area (Å²) in [6.45, 7) is 4.52. The Morgan fingerprint density at radius 1 is 1.57 bits per heavy atom. The number of carbonyl (C=O) groups is 1. The van der Waals surface area contributed by atoms with E-state index >= 15 is 0 Å². The zero-order chi connectivity index (χ0) is 10.6. The fourth-order valence-electron chi connectivity index (χ4n) is 0.847. The molecule has 0 fully saturated rings. The molecule has 1 amide bonds. The minimum Gasteiger partial charge on any atom is -0.350 e. The van der Waals surface area contributed by atoms with Gasteiger partial charge in [0.1, 0.15) is 0 Å². The van der Waals surface area contributed by atoms with Crippen LogP contribution in [0.5, 0.6) is 5.75 Å². The van der Waals surface area contributed by atoms with Gasteiger partial charge < -0.3 is 5.32 Å². The molecular weight excluding hydrogens is 182 g/mol. The number of hydrogen-bond acceptors (Lipinski definition) is 3. The third-order valence-corrected chi connectivity index (χ3v) is 1.53. The van der Waals surface area contributed by atoms with E-state index < -0.39 is 0 Å². The maximum Gasteiger partial charge on any atom is 0.271 e. The van der Waals surface area contributed by atoms with E-state index in [4.69, 9.17) is 0 Å². The minimum atomic E-state index is -0.357. The molecule has 0 bridgehead atoms. The van der Waals surface area contributed by atoms with Gasteiger partial charge in [-0.1, -0.05) is 13.8 Å². The van der Waals surface area contributed by atoms with Crippen LogP contribution in [0.2, 0.25) is 0 Å². The second-order valence-electron chi connectivity index (χ2n) is 3.38. The molecule has 5 nitrogen and oxygen atoms in total. The first-order chi connectivity index (χ1) is 6.59. The summed E-state index contributed by atoms with van der Waals surface area (Å²) in [5.74, 6) is -0.305. The molecule has 14 heavy (non-hydrogen) atoms. The van der Waals surface area contributed by atoms with Gasteiger partial charge in [0.15, 0.2) is 5.69 Å². The molecule has 0 aliphatic heterocycles. The van der Waals surface area contributed by atoms with Gasteiger partial charge >= 0.3 is 0 Å². The first kappa shape index (κ1) is 10.4. The lowest BCUT2D eigenvalue weighted by atomic mass is 10.2. The van der Waals surface area contributed by atoms with Crippen molar-refractivity contribution in [2.75, 3.05) is 6.54 Å². The summed E-state index contributed by atoms with van der Waals surface area (Å²) < 4.78 is 0. The first-order valence-corrected chi connectivity index (χ1v) is 4.37. The molecule has 5 heteroatoms. The van der Waals surface area contributed by atoms with Crippen LogP contribution in [0.1, 0.15) is 24.3 Å². The van der Waals surface area contributed by atoms with Crippen LogP contribution in [-0.2, 0) is 5.11 Å². The molecule has 1 N–H and O–H groups in total. The van der Waals surface area contributed by atoms with Crippen molar-refractivity contribution in [3.05, 3.63) is 18.0 Å². The number of amides is 1. The van der Waals surface area contributed by atoms with Crippen LogP contribution in [0.4, 0.5) is 0 Å². The molecule has 0 spiro atoms. The van der Waals surface area contributed by atoms with Crippen molar-refractivity contribution < 1.29 is 9.90 Å². The second-order valence-corrected chi connectivity index (χ2v) is 3.38. The Morgan fingerprint density at radius 2 is 2.29 bits per heavy atom. The van der Waals surface area contributed by atoms with Gasteiger partial charge in [-0.2, -0.15) is 5.10 Å². The highest BCUT2D eigenvalue weighted by Gasteiger charge is 2.09. The van der Waals surface area contributed by atoms with Crippen molar-refractivity contribution in [1.82, 2.24) is 15.5 Å². The zero-order valence-corrected chi connectivity index (χ0v) is 8.15. The fraction of sp³-hybridized carbons (Fsp3) is 0.444. The van der Waals surface area contributed by atoms with E-state index in [2.05, 4.69) is 15.5 Å². The summed E-state index contributed by atoms with van der Waals surface area (Å²) in [6.07, 6.45) is 1.07. The van der Waals surface area contributed by atoms with Crippen molar-refractivity contribution in [1.29, 1.82) is 0 Å². The summed E-state index contributed by atoms with van der Waals surface area (Å²) in [4.78, 5) is 11.3. The lowest BCUT2D eigenvalue weighted by Gasteiger charge is -2.05. The Kier molecular flexibility index (Phi) is 3.39. The van der Waals surface area contributed by atoms with Gasteiger partial charge in [-0.25, -0.2) is 0 Å². The normalized spacial score (nSPS) is 10.2. The molecule has 1 aromatic rings. The van der Waals surface area contributed by atoms with Crippen molar-refractivity contribution in [3.63, 3.8) is 0 Å². The Hall–Kier alpha value is -1.65. The van der Waals surface area contributed by atoms with Gasteiger partial charge in [0, 0.05) is 12.6 Å². The Bertz CT molecular complexity index is 326. The van der Waals surface area contributed by atoms with Crippen LogP contribution >= 0.6 is 0 Å². The lowest BCUT2D eigenvalue weighted by Crippen LogP contribution is -2.28. The van der Waals surface area contributed by atoms with Gasteiger partial charge in [-0.05, 0) is 5.92 Å². The number of nitrogens with one attached hydrogen (secondary N) is 1. The van der Waals surface area contributed by atoms with Crippen molar-refractivity contribution >= 4 is 5.91 Å². The van der Waals surface area contributed by atoms with Crippen LogP contribution in [-0.4, -0.2) is 22.6 Å². The predicted molar refractivity (Wildman–Crippen MR) is 49.3 cm³/mol. The Balaban J connectivity index is 2.61. The van der Waals surface area contributed by atoms with Crippen LogP contribution < -0.4 is 5.32 Å². The SMILES string of the molecule is CC(C)CNC(=O)c1cc([O])cnn1. The summed E-state index contributed by atoms with van der Waals surface area (Å²) in [5.41, 5.74) is 0.0677. The molecule has 1 heterocycles. The molecule has 0 saturated heterocycles. The van der Waals surface area contributed by atoms with Crippen LogP contribution in [0.25, 0.3) is 0 Å². The molecule has 1 rings (SSSR count). The number of hydrogen-bond donors (Lipinski definition) is 1. The van der Waals surface area contributed by atoms with E-state index in [0.717, 1.165) is 6.20 Å². The highest BCUT2D eigenvalue weighted by molar-refractivity contribution is 5.92. The van der Waals surface area contributed by atoms with E-state index in [9.17, 15) is 9.90 Å². The molecule has 1 aromatic heterocycles. The zero-order valence-electron chi connectivity index (χ0n) is 8.15. The molecule has 0 saturated carbocycles. The summed E-state index contributed by atoms with van der Waals surface area (Å²) >= 11 is 0. The van der Waals surface area contributed by atoms with Crippen molar-refractivity contribution in [2.45, 2.75) is 13.8 Å². The maximum atomic E-state index is 11.3. The molecule has 0 aliphatic rings. The third-order valence-electron chi connectivity index (χ3n) is 1.53. The lowest BCUT2D eigenvalue weighted by molar-refractivity contribution is 0.0942. The summed E-state index contributed by atoms with van der Waals surface area (Å²) in [5, 5.41) is 20.5. The average molecular weight is 194 g/mol. The molecule has 0 atom stereocenters. The number of rotatable bonds is 3. The van der Waals surface area contributed by atoms with E-state index in [1.54, 1.807) is 0 Å². The number of aromatic nitrogens is 2. The quantitative estimate of drug-likeness (QED) is 0.780. The number of carbonyl (C=O) groups excluding carboxylic acids is 1. The molecule has 0 unspecified atom stereocenters. The fourth-order valence-corrected chi connectivity index (χ4v) is 0.847. The van der Waals surface area contributed by atoms with Gasteiger partial charge in [-0.3, -0.25) is 9.90 Å². The van der Waals surface area contributed by atoms with E-state index in [0.29, 0.717) is 12.5 Å². The van der Waals surface area contributed by atoms with E-state index in [-0.39, 0.29) is 17.4 Å². The molecular formula is C9H12N3O2. The largest absolute Gasteiger partial charge is 0.350 e. The van der Waals surface area contributed by atoms with Crippen LogP contribution in [0, 0.1) is 5.92 Å². The first-order valence-electron chi connectivity index (χ1n) is 4.37. The third kappa shape index (κ3) is 3.01. The van der Waals surface area contributed by atoms with Crippen molar-refractivity contribution in [3.8, 4) is 5.75 Å². The molecule has 1 radical (unpaired) electrons. The molecule has 0 aliphatic carbocycles. The summed E-state index contributed by atoms with van der Waals surface area (Å²) in [6, 6.07) is 1.17. The Labute approximate surface area is 82.2 Å². The van der Waals surface area contributed by atoms with Gasteiger partial charge in [-0.15, -0.1) is 5.10 Å². The van der Waals surface area contributed by atoms with E-state index in [1.165, 1.54) is 6.07 Å². The average Bonchev–Trinajstić information content (AvgIpc) is 2.14.